The van der Waals surface area contributed by atoms with E-state index >= 15 is 0 Å². The Hall–Kier alpha value is -1.50. The SMILES string of the molecule is C/C=C\C=C/c1c(C)cccc1N. The first-order valence-electron chi connectivity index (χ1n) is 4.40. The first-order chi connectivity index (χ1) is 6.25. The van der Waals surface area contributed by atoms with Crippen LogP contribution in [0.1, 0.15) is 18.1 Å². The van der Waals surface area contributed by atoms with Gasteiger partial charge in [-0.05, 0) is 25.5 Å². The van der Waals surface area contributed by atoms with Crippen molar-refractivity contribution < 1.29 is 0 Å². The van der Waals surface area contributed by atoms with E-state index in [2.05, 4.69) is 13.0 Å². The van der Waals surface area contributed by atoms with Crippen molar-refractivity contribution in [3.05, 3.63) is 47.6 Å². The van der Waals surface area contributed by atoms with E-state index in [0.29, 0.717) is 0 Å². The van der Waals surface area contributed by atoms with E-state index in [0.717, 1.165) is 11.3 Å². The molecule has 0 heterocycles. The Kier molecular flexibility index (Phi) is 3.32. The highest BCUT2D eigenvalue weighted by Crippen LogP contribution is 2.17. The van der Waals surface area contributed by atoms with Crippen LogP contribution in [0.4, 0.5) is 5.69 Å². The summed E-state index contributed by atoms with van der Waals surface area (Å²) in [5.41, 5.74) is 8.98. The Labute approximate surface area is 79.6 Å². The van der Waals surface area contributed by atoms with Crippen molar-refractivity contribution in [2.45, 2.75) is 13.8 Å². The fourth-order valence-corrected chi connectivity index (χ4v) is 1.19. The molecule has 0 spiro atoms. The lowest BCUT2D eigenvalue weighted by molar-refractivity contribution is 1.44. The van der Waals surface area contributed by atoms with E-state index in [1.807, 2.05) is 43.4 Å². The molecule has 1 aromatic rings. The third kappa shape index (κ3) is 2.48. The maximum atomic E-state index is 5.83. The second kappa shape index (κ2) is 4.51. The van der Waals surface area contributed by atoms with Gasteiger partial charge in [0.05, 0.1) is 0 Å². The number of anilines is 1. The minimum absolute atomic E-state index is 0.834. The van der Waals surface area contributed by atoms with Crippen LogP contribution in [0, 0.1) is 6.92 Å². The van der Waals surface area contributed by atoms with Gasteiger partial charge in [-0.1, -0.05) is 36.4 Å². The highest BCUT2D eigenvalue weighted by Gasteiger charge is 1.96. The van der Waals surface area contributed by atoms with Gasteiger partial charge >= 0.3 is 0 Å². The first kappa shape index (κ1) is 9.59. The van der Waals surface area contributed by atoms with E-state index in [1.54, 1.807) is 0 Å². The average molecular weight is 173 g/mol. The van der Waals surface area contributed by atoms with Gasteiger partial charge in [-0.3, -0.25) is 0 Å². The van der Waals surface area contributed by atoms with Gasteiger partial charge in [0.2, 0.25) is 0 Å². The molecule has 2 N–H and O–H groups in total. The molecule has 0 aliphatic rings. The molecule has 1 rings (SSSR count). The molecule has 0 saturated carbocycles. The molecule has 68 valence electrons. The number of benzene rings is 1. The molecule has 0 unspecified atom stereocenters. The van der Waals surface area contributed by atoms with E-state index in [9.17, 15) is 0 Å². The molecule has 1 heteroatoms. The van der Waals surface area contributed by atoms with Crippen LogP contribution in [0.15, 0.2) is 36.4 Å². The summed E-state index contributed by atoms with van der Waals surface area (Å²) in [6.45, 7) is 4.05. The van der Waals surface area contributed by atoms with Gasteiger partial charge in [-0.2, -0.15) is 0 Å². The monoisotopic (exact) mass is 173 g/mol. The second-order valence-corrected chi connectivity index (χ2v) is 2.96. The van der Waals surface area contributed by atoms with Gasteiger partial charge in [0.15, 0.2) is 0 Å². The number of rotatable bonds is 2. The van der Waals surface area contributed by atoms with Crippen LogP contribution in [0.5, 0.6) is 0 Å². The molecule has 1 nitrogen and oxygen atoms in total. The molecule has 0 aliphatic carbocycles. The smallest absolute Gasteiger partial charge is 0.0390 e. The minimum atomic E-state index is 0.834. The molecule has 0 aliphatic heterocycles. The van der Waals surface area contributed by atoms with Crippen molar-refractivity contribution in [1.82, 2.24) is 0 Å². The Morgan fingerprint density at radius 3 is 2.62 bits per heavy atom. The number of nitrogens with two attached hydrogens (primary N) is 1. The van der Waals surface area contributed by atoms with Gasteiger partial charge < -0.3 is 5.73 Å². The molecule has 0 atom stereocenters. The maximum Gasteiger partial charge on any atom is 0.0390 e. The number of nitrogen functional groups attached to an aromatic ring is 1. The Morgan fingerprint density at radius 2 is 2.00 bits per heavy atom. The summed E-state index contributed by atoms with van der Waals surface area (Å²) in [6, 6.07) is 5.95. The summed E-state index contributed by atoms with van der Waals surface area (Å²) >= 11 is 0. The first-order valence-corrected chi connectivity index (χ1v) is 4.40. The van der Waals surface area contributed by atoms with Crippen molar-refractivity contribution in [3.63, 3.8) is 0 Å². The standard InChI is InChI=1S/C12H15N/c1-3-4-5-8-11-10(2)7-6-9-12(11)13/h3-9H,13H2,1-2H3/b4-3-,8-5-. The summed E-state index contributed by atoms with van der Waals surface area (Å²) in [6.07, 6.45) is 8.01. The summed E-state index contributed by atoms with van der Waals surface area (Å²) < 4.78 is 0. The molecule has 0 fully saturated rings. The Bertz CT molecular complexity index is 315. The van der Waals surface area contributed by atoms with Gasteiger partial charge in [0.25, 0.3) is 0 Å². The lowest BCUT2D eigenvalue weighted by atomic mass is 10.1. The summed E-state index contributed by atoms with van der Waals surface area (Å²) in [5.74, 6) is 0. The van der Waals surface area contributed by atoms with E-state index < -0.39 is 0 Å². The zero-order chi connectivity index (χ0) is 9.68. The lowest BCUT2D eigenvalue weighted by Gasteiger charge is -2.02. The van der Waals surface area contributed by atoms with Crippen LogP contribution in [0.25, 0.3) is 6.08 Å². The molecular formula is C12H15N. The van der Waals surface area contributed by atoms with Crippen LogP contribution in [0.3, 0.4) is 0 Å². The van der Waals surface area contributed by atoms with Gasteiger partial charge in [0, 0.05) is 11.3 Å². The number of hydrogen-bond acceptors (Lipinski definition) is 1. The molecule has 13 heavy (non-hydrogen) atoms. The van der Waals surface area contributed by atoms with E-state index in [4.69, 9.17) is 5.73 Å². The van der Waals surface area contributed by atoms with E-state index in [-0.39, 0.29) is 0 Å². The normalized spacial score (nSPS) is 11.5. The highest BCUT2D eigenvalue weighted by molar-refractivity contribution is 5.68. The summed E-state index contributed by atoms with van der Waals surface area (Å²) in [4.78, 5) is 0. The third-order valence-electron chi connectivity index (χ3n) is 1.92. The molecule has 0 aromatic heterocycles. The van der Waals surface area contributed by atoms with Crippen molar-refractivity contribution in [2.24, 2.45) is 0 Å². The second-order valence-electron chi connectivity index (χ2n) is 2.96. The van der Waals surface area contributed by atoms with Gasteiger partial charge in [-0.25, -0.2) is 0 Å². The number of allylic oxidation sites excluding steroid dienone is 3. The van der Waals surface area contributed by atoms with Crippen LogP contribution < -0.4 is 5.73 Å². The van der Waals surface area contributed by atoms with Gasteiger partial charge in [0.1, 0.15) is 0 Å². The summed E-state index contributed by atoms with van der Waals surface area (Å²) in [5, 5.41) is 0. The summed E-state index contributed by atoms with van der Waals surface area (Å²) in [7, 11) is 0. The van der Waals surface area contributed by atoms with Crippen molar-refractivity contribution in [1.29, 1.82) is 0 Å². The molecule has 1 aromatic carbocycles. The van der Waals surface area contributed by atoms with Crippen molar-refractivity contribution >= 4 is 11.8 Å². The average Bonchev–Trinajstić information content (AvgIpc) is 2.10. The predicted molar refractivity (Wildman–Crippen MR) is 59.4 cm³/mol. The number of aryl methyl sites for hydroxylation is 1. The molecule has 0 radical (unpaired) electrons. The molecule has 0 amide bonds. The molecule has 0 bridgehead atoms. The highest BCUT2D eigenvalue weighted by atomic mass is 14.6. The number of hydrogen-bond donors (Lipinski definition) is 1. The topological polar surface area (TPSA) is 26.0 Å². The molecular weight excluding hydrogens is 158 g/mol. The van der Waals surface area contributed by atoms with Crippen LogP contribution in [-0.4, -0.2) is 0 Å². The minimum Gasteiger partial charge on any atom is -0.398 e. The zero-order valence-electron chi connectivity index (χ0n) is 8.12. The fraction of sp³-hybridized carbons (Fsp3) is 0.167. The van der Waals surface area contributed by atoms with Crippen molar-refractivity contribution in [3.8, 4) is 0 Å². The molecule has 0 saturated heterocycles. The zero-order valence-corrected chi connectivity index (χ0v) is 8.12. The van der Waals surface area contributed by atoms with Crippen LogP contribution in [0.2, 0.25) is 0 Å². The maximum absolute atomic E-state index is 5.83. The predicted octanol–water partition coefficient (Wildman–Crippen LogP) is 3.17. The van der Waals surface area contributed by atoms with Crippen LogP contribution >= 0.6 is 0 Å². The van der Waals surface area contributed by atoms with Crippen molar-refractivity contribution in [2.75, 3.05) is 5.73 Å². The van der Waals surface area contributed by atoms with Gasteiger partial charge in [-0.15, -0.1) is 0 Å². The largest absolute Gasteiger partial charge is 0.398 e. The van der Waals surface area contributed by atoms with E-state index in [1.165, 1.54) is 5.56 Å². The third-order valence-corrected chi connectivity index (χ3v) is 1.92. The fourth-order valence-electron chi connectivity index (χ4n) is 1.19. The lowest BCUT2D eigenvalue weighted by Crippen LogP contribution is -1.90. The quantitative estimate of drug-likeness (QED) is 0.539. The Morgan fingerprint density at radius 1 is 1.23 bits per heavy atom. The Balaban J connectivity index is 2.99. The van der Waals surface area contributed by atoms with Crippen LogP contribution in [-0.2, 0) is 0 Å².